The van der Waals surface area contributed by atoms with Crippen LogP contribution in [-0.2, 0) is 11.3 Å². The monoisotopic (exact) mass is 236 g/mol. The normalized spacial score (nSPS) is 11.1. The van der Waals surface area contributed by atoms with Crippen LogP contribution in [0.4, 0.5) is 4.79 Å². The van der Waals surface area contributed by atoms with Gasteiger partial charge in [-0.25, -0.2) is 15.6 Å². The molecule has 4 nitrogen and oxygen atoms in total. The highest BCUT2D eigenvalue weighted by Gasteiger charge is 2.19. The average molecular weight is 236 g/mol. The minimum atomic E-state index is -0.526. The predicted molar refractivity (Wildman–Crippen MR) is 67.1 cm³/mol. The van der Waals surface area contributed by atoms with Gasteiger partial charge in [-0.2, -0.15) is 0 Å². The van der Waals surface area contributed by atoms with Crippen LogP contribution in [0.3, 0.4) is 0 Å². The maximum atomic E-state index is 11.6. The predicted octanol–water partition coefficient (Wildman–Crippen LogP) is 2.61. The summed E-state index contributed by atoms with van der Waals surface area (Å²) in [5, 5.41) is 1.08. The number of carbonyl (C=O) groups is 1. The van der Waals surface area contributed by atoms with Crippen LogP contribution in [0.2, 0.25) is 0 Å². The number of rotatable bonds is 2. The summed E-state index contributed by atoms with van der Waals surface area (Å²) in [6.45, 7) is 7.78. The number of aryl methyl sites for hydroxylation is 1. The van der Waals surface area contributed by atoms with Crippen LogP contribution in [0.25, 0.3) is 0 Å². The van der Waals surface area contributed by atoms with E-state index in [0.717, 1.165) is 10.6 Å². The van der Waals surface area contributed by atoms with E-state index in [2.05, 4.69) is 0 Å². The molecule has 0 saturated carbocycles. The SMILES string of the molecule is Cc1ccc(CN(N)C(=O)OC(C)(C)C)cc1. The molecule has 0 aliphatic rings. The Hall–Kier alpha value is -1.55. The van der Waals surface area contributed by atoms with E-state index in [-0.39, 0.29) is 0 Å². The Morgan fingerprint density at radius 1 is 1.29 bits per heavy atom. The number of benzene rings is 1. The molecule has 17 heavy (non-hydrogen) atoms. The number of hydrogen-bond donors (Lipinski definition) is 1. The lowest BCUT2D eigenvalue weighted by molar-refractivity contribution is 0.0231. The first kappa shape index (κ1) is 13.5. The van der Waals surface area contributed by atoms with Crippen molar-refractivity contribution in [2.45, 2.75) is 39.8 Å². The molecule has 2 N–H and O–H groups in total. The average Bonchev–Trinajstić information content (AvgIpc) is 2.19. The number of nitrogens with two attached hydrogens (primary N) is 1. The molecule has 0 saturated heterocycles. The van der Waals surface area contributed by atoms with E-state index in [1.807, 2.05) is 52.0 Å². The lowest BCUT2D eigenvalue weighted by Gasteiger charge is -2.24. The smallest absolute Gasteiger partial charge is 0.424 e. The maximum absolute atomic E-state index is 11.6. The highest BCUT2D eigenvalue weighted by atomic mass is 16.6. The fraction of sp³-hybridized carbons (Fsp3) is 0.462. The molecule has 0 heterocycles. The van der Waals surface area contributed by atoms with Gasteiger partial charge < -0.3 is 4.74 Å². The van der Waals surface area contributed by atoms with Gasteiger partial charge in [0.1, 0.15) is 5.60 Å². The summed E-state index contributed by atoms with van der Waals surface area (Å²) in [6, 6.07) is 7.86. The van der Waals surface area contributed by atoms with Crippen LogP contribution >= 0.6 is 0 Å². The number of hydrazine groups is 1. The lowest BCUT2D eigenvalue weighted by Crippen LogP contribution is -2.40. The van der Waals surface area contributed by atoms with Crippen LogP contribution in [0.1, 0.15) is 31.9 Å². The Bertz CT molecular complexity index is 379. The van der Waals surface area contributed by atoms with Gasteiger partial charge in [-0.3, -0.25) is 0 Å². The van der Waals surface area contributed by atoms with Crippen LogP contribution < -0.4 is 5.84 Å². The zero-order valence-corrected chi connectivity index (χ0v) is 10.9. The van der Waals surface area contributed by atoms with E-state index in [0.29, 0.717) is 6.54 Å². The van der Waals surface area contributed by atoms with Crippen molar-refractivity contribution in [3.63, 3.8) is 0 Å². The second-order valence-electron chi connectivity index (χ2n) is 5.09. The number of hydrogen-bond acceptors (Lipinski definition) is 3. The standard InChI is InChI=1S/C13H20N2O2/c1-10-5-7-11(8-6-10)9-15(14)12(16)17-13(2,3)4/h5-8H,9,14H2,1-4H3. The molecular weight excluding hydrogens is 216 g/mol. The van der Waals surface area contributed by atoms with Gasteiger partial charge in [0.2, 0.25) is 0 Å². The number of ether oxygens (including phenoxy) is 1. The van der Waals surface area contributed by atoms with E-state index in [4.69, 9.17) is 10.6 Å². The molecule has 0 aliphatic heterocycles. The van der Waals surface area contributed by atoms with Crippen LogP contribution in [-0.4, -0.2) is 16.7 Å². The van der Waals surface area contributed by atoms with E-state index in [1.54, 1.807) is 0 Å². The molecule has 0 aromatic heterocycles. The molecule has 1 amide bonds. The molecule has 0 fully saturated rings. The molecule has 0 spiro atoms. The Balaban J connectivity index is 2.57. The lowest BCUT2D eigenvalue weighted by atomic mass is 10.1. The Morgan fingerprint density at radius 2 is 1.82 bits per heavy atom. The summed E-state index contributed by atoms with van der Waals surface area (Å²) in [4.78, 5) is 11.6. The molecule has 0 aliphatic carbocycles. The Kier molecular flexibility index (Phi) is 4.12. The van der Waals surface area contributed by atoms with Crippen molar-refractivity contribution >= 4 is 6.09 Å². The first-order valence-corrected chi connectivity index (χ1v) is 5.59. The second-order valence-corrected chi connectivity index (χ2v) is 5.09. The summed E-state index contributed by atoms with van der Waals surface area (Å²) in [5.74, 6) is 5.65. The van der Waals surface area contributed by atoms with Crippen molar-refractivity contribution in [1.29, 1.82) is 0 Å². The fourth-order valence-corrected chi connectivity index (χ4v) is 1.28. The topological polar surface area (TPSA) is 55.6 Å². The highest BCUT2D eigenvalue weighted by molar-refractivity contribution is 5.67. The van der Waals surface area contributed by atoms with Gasteiger partial charge in [-0.1, -0.05) is 29.8 Å². The molecule has 1 rings (SSSR count). The molecule has 0 atom stereocenters. The van der Waals surface area contributed by atoms with E-state index < -0.39 is 11.7 Å². The van der Waals surface area contributed by atoms with E-state index in [9.17, 15) is 4.79 Å². The zero-order valence-electron chi connectivity index (χ0n) is 10.9. The van der Waals surface area contributed by atoms with Crippen molar-refractivity contribution in [2.24, 2.45) is 5.84 Å². The zero-order chi connectivity index (χ0) is 13.1. The van der Waals surface area contributed by atoms with Gasteiger partial charge in [-0.15, -0.1) is 0 Å². The summed E-state index contributed by atoms with van der Waals surface area (Å²) in [7, 11) is 0. The molecule has 4 heteroatoms. The molecule has 0 radical (unpaired) electrons. The third-order valence-electron chi connectivity index (χ3n) is 2.10. The first-order chi connectivity index (χ1) is 7.78. The van der Waals surface area contributed by atoms with Gasteiger partial charge in [0.15, 0.2) is 0 Å². The van der Waals surface area contributed by atoms with Crippen molar-refractivity contribution in [2.75, 3.05) is 0 Å². The molecule has 1 aromatic carbocycles. The number of amides is 1. The molecule has 1 aromatic rings. The maximum Gasteiger partial charge on any atom is 0.424 e. The summed E-state index contributed by atoms with van der Waals surface area (Å²) < 4.78 is 5.16. The van der Waals surface area contributed by atoms with Gasteiger partial charge in [0, 0.05) is 0 Å². The third-order valence-corrected chi connectivity index (χ3v) is 2.10. The summed E-state index contributed by atoms with van der Waals surface area (Å²) >= 11 is 0. The summed E-state index contributed by atoms with van der Waals surface area (Å²) in [5.41, 5.74) is 1.63. The molecule has 0 unspecified atom stereocenters. The molecule has 0 bridgehead atoms. The van der Waals surface area contributed by atoms with Crippen molar-refractivity contribution in [3.8, 4) is 0 Å². The van der Waals surface area contributed by atoms with Crippen molar-refractivity contribution in [1.82, 2.24) is 5.01 Å². The van der Waals surface area contributed by atoms with Crippen LogP contribution in [0.5, 0.6) is 0 Å². The van der Waals surface area contributed by atoms with Crippen LogP contribution in [0.15, 0.2) is 24.3 Å². The van der Waals surface area contributed by atoms with E-state index in [1.165, 1.54) is 5.56 Å². The van der Waals surface area contributed by atoms with Crippen molar-refractivity contribution < 1.29 is 9.53 Å². The van der Waals surface area contributed by atoms with Gasteiger partial charge in [0.25, 0.3) is 0 Å². The fourth-order valence-electron chi connectivity index (χ4n) is 1.28. The van der Waals surface area contributed by atoms with E-state index >= 15 is 0 Å². The quantitative estimate of drug-likeness (QED) is 0.488. The highest BCUT2D eigenvalue weighted by Crippen LogP contribution is 2.10. The largest absolute Gasteiger partial charge is 0.443 e. The Morgan fingerprint density at radius 3 is 2.29 bits per heavy atom. The number of nitrogens with zero attached hydrogens (tertiary/aromatic N) is 1. The summed E-state index contributed by atoms with van der Waals surface area (Å²) in [6.07, 6.45) is -0.516. The third kappa shape index (κ3) is 4.87. The second kappa shape index (κ2) is 5.19. The van der Waals surface area contributed by atoms with Gasteiger partial charge >= 0.3 is 6.09 Å². The molecule has 94 valence electrons. The Labute approximate surface area is 102 Å². The minimum Gasteiger partial charge on any atom is -0.443 e. The van der Waals surface area contributed by atoms with Gasteiger partial charge in [-0.05, 0) is 33.3 Å². The van der Waals surface area contributed by atoms with Gasteiger partial charge in [0.05, 0.1) is 6.54 Å². The first-order valence-electron chi connectivity index (χ1n) is 5.59. The number of carbonyl (C=O) groups excluding carboxylic acids is 1. The van der Waals surface area contributed by atoms with Crippen molar-refractivity contribution in [3.05, 3.63) is 35.4 Å². The molecular formula is C13H20N2O2. The van der Waals surface area contributed by atoms with Crippen LogP contribution in [0, 0.1) is 6.92 Å². The minimum absolute atomic E-state index is 0.342.